The number of carbonyl (C=O) groups excluding carboxylic acids is 1. The van der Waals surface area contributed by atoms with Crippen LogP contribution >= 0.6 is 0 Å². The molecule has 1 aromatic carbocycles. The smallest absolute Gasteiger partial charge is 0.271 e. The second-order valence-corrected chi connectivity index (χ2v) is 8.96. The quantitative estimate of drug-likeness (QED) is 0.746. The van der Waals surface area contributed by atoms with Crippen LogP contribution in [-0.2, 0) is 26.0 Å². The molecule has 1 saturated heterocycles. The highest BCUT2D eigenvalue weighted by Gasteiger charge is 2.34. The average Bonchev–Trinajstić information content (AvgIpc) is 3.37. The number of nitrogens with zero attached hydrogens (tertiary/aromatic N) is 3. The lowest BCUT2D eigenvalue weighted by atomic mass is 10.2. The van der Waals surface area contributed by atoms with Crippen LogP contribution in [0.25, 0.3) is 5.69 Å². The fourth-order valence-corrected chi connectivity index (χ4v) is 5.24. The van der Waals surface area contributed by atoms with Crippen LogP contribution in [0.2, 0.25) is 0 Å². The number of fused-ring (bicyclic) bond motifs is 3. The number of methoxy groups -OCH3 is 1. The maximum Gasteiger partial charge on any atom is 0.271 e. The molecule has 3 heterocycles. The third-order valence-electron chi connectivity index (χ3n) is 5.21. The number of amides is 1. The van der Waals surface area contributed by atoms with Gasteiger partial charge in [0.05, 0.1) is 30.6 Å². The van der Waals surface area contributed by atoms with Crippen LogP contribution in [0.15, 0.2) is 35.5 Å². The van der Waals surface area contributed by atoms with E-state index >= 15 is 0 Å². The highest BCUT2D eigenvalue weighted by atomic mass is 32.2. The highest BCUT2D eigenvalue weighted by Crippen LogP contribution is 2.31. The van der Waals surface area contributed by atoms with Gasteiger partial charge in [-0.3, -0.25) is 9.36 Å². The summed E-state index contributed by atoms with van der Waals surface area (Å²) in [6.07, 6.45) is 3.42. The third-order valence-corrected chi connectivity index (χ3v) is 7.10. The van der Waals surface area contributed by atoms with E-state index in [2.05, 4.69) is 10.3 Å². The van der Waals surface area contributed by atoms with Crippen molar-refractivity contribution in [3.05, 3.63) is 42.0 Å². The molecule has 10 heteroatoms. The normalized spacial score (nSPS) is 20.7. The second kappa shape index (κ2) is 8.23. The van der Waals surface area contributed by atoms with Crippen LogP contribution < -0.4 is 5.32 Å². The van der Waals surface area contributed by atoms with Crippen molar-refractivity contribution in [3.63, 3.8) is 0 Å². The van der Waals surface area contributed by atoms with Crippen molar-refractivity contribution in [3.8, 4) is 5.69 Å². The number of imidazole rings is 1. The third kappa shape index (κ3) is 3.80. The molecule has 1 fully saturated rings. The Bertz CT molecular complexity index is 998. The van der Waals surface area contributed by atoms with Gasteiger partial charge in [0.1, 0.15) is 11.2 Å². The zero-order chi connectivity index (χ0) is 20.4. The van der Waals surface area contributed by atoms with E-state index in [1.165, 1.54) is 17.7 Å². The van der Waals surface area contributed by atoms with Crippen LogP contribution in [0.4, 0.5) is 0 Å². The first-order chi connectivity index (χ1) is 14.0. The molecule has 0 radical (unpaired) electrons. The van der Waals surface area contributed by atoms with E-state index in [1.807, 2.05) is 0 Å². The molecule has 9 nitrogen and oxygen atoms in total. The van der Waals surface area contributed by atoms with E-state index < -0.39 is 10.0 Å². The van der Waals surface area contributed by atoms with Crippen LogP contribution in [0, 0.1) is 0 Å². The summed E-state index contributed by atoms with van der Waals surface area (Å²) in [5.74, 6) is -0.335. The SMILES string of the molecule is COCCN1Cc2c(C(=O)NC[C@H]3CCCO3)ncn2-c2ccccc2S1(=O)=O. The van der Waals surface area contributed by atoms with Crippen molar-refractivity contribution in [2.24, 2.45) is 0 Å². The standard InChI is InChI=1S/C19H24N4O5S/c1-27-10-8-22-12-16-18(19(24)20-11-14-5-4-9-28-14)21-13-23(16)15-6-2-3-7-17(15)29(22,25)26/h2-3,6-7,13-14H,4-5,8-12H2,1H3,(H,20,24)/t14-/m1/s1. The van der Waals surface area contributed by atoms with Gasteiger partial charge in [0.15, 0.2) is 5.69 Å². The van der Waals surface area contributed by atoms with Crippen LogP contribution in [-0.4, -0.2) is 67.7 Å². The van der Waals surface area contributed by atoms with E-state index in [0.29, 0.717) is 24.5 Å². The Morgan fingerprint density at radius 2 is 2.21 bits per heavy atom. The first kappa shape index (κ1) is 20.0. The number of nitrogens with one attached hydrogen (secondary N) is 1. The van der Waals surface area contributed by atoms with Gasteiger partial charge in [0.2, 0.25) is 10.0 Å². The Kier molecular flexibility index (Phi) is 5.68. The van der Waals surface area contributed by atoms with Crippen molar-refractivity contribution >= 4 is 15.9 Å². The number of hydrogen-bond donors (Lipinski definition) is 1. The van der Waals surface area contributed by atoms with Gasteiger partial charge in [0, 0.05) is 26.8 Å². The summed E-state index contributed by atoms with van der Waals surface area (Å²) in [6.45, 7) is 1.57. The Balaban J connectivity index is 1.69. The highest BCUT2D eigenvalue weighted by molar-refractivity contribution is 7.89. The molecule has 1 amide bonds. The number of rotatable bonds is 6. The van der Waals surface area contributed by atoms with Gasteiger partial charge in [-0.2, -0.15) is 4.31 Å². The molecule has 2 aliphatic heterocycles. The average molecular weight is 420 g/mol. The molecule has 0 aliphatic carbocycles. The van der Waals surface area contributed by atoms with Crippen molar-refractivity contribution in [1.29, 1.82) is 0 Å². The van der Waals surface area contributed by atoms with Gasteiger partial charge in [0.25, 0.3) is 5.91 Å². The predicted octanol–water partition coefficient (Wildman–Crippen LogP) is 0.932. The van der Waals surface area contributed by atoms with E-state index in [-0.39, 0.29) is 42.3 Å². The molecule has 2 aromatic rings. The van der Waals surface area contributed by atoms with Gasteiger partial charge in [-0.1, -0.05) is 12.1 Å². The molecule has 1 aromatic heterocycles. The Labute approximate surface area is 169 Å². The number of ether oxygens (including phenoxy) is 2. The summed E-state index contributed by atoms with van der Waals surface area (Å²) >= 11 is 0. The number of aromatic nitrogens is 2. The molecule has 0 spiro atoms. The zero-order valence-corrected chi connectivity index (χ0v) is 17.0. The summed E-state index contributed by atoms with van der Waals surface area (Å²) in [5, 5.41) is 2.87. The van der Waals surface area contributed by atoms with E-state index in [4.69, 9.17) is 9.47 Å². The number of benzene rings is 1. The summed E-state index contributed by atoms with van der Waals surface area (Å²) in [6, 6.07) is 6.73. The maximum atomic E-state index is 13.2. The van der Waals surface area contributed by atoms with Crippen molar-refractivity contribution < 1.29 is 22.7 Å². The molecule has 0 bridgehead atoms. The number of carbonyl (C=O) groups is 1. The number of para-hydroxylation sites is 1. The minimum Gasteiger partial charge on any atom is -0.383 e. The van der Waals surface area contributed by atoms with Gasteiger partial charge in [-0.25, -0.2) is 13.4 Å². The van der Waals surface area contributed by atoms with E-state index in [0.717, 1.165) is 12.8 Å². The Hall–Kier alpha value is -2.27. The van der Waals surface area contributed by atoms with Crippen molar-refractivity contribution in [2.75, 3.05) is 33.4 Å². The molecule has 1 N–H and O–H groups in total. The van der Waals surface area contributed by atoms with E-state index in [1.54, 1.807) is 28.8 Å². The second-order valence-electron chi connectivity index (χ2n) is 7.05. The summed E-state index contributed by atoms with van der Waals surface area (Å²) in [7, 11) is -2.22. The molecule has 1 atom stereocenters. The number of hydrogen-bond acceptors (Lipinski definition) is 6. The lowest BCUT2D eigenvalue weighted by Gasteiger charge is -2.20. The minimum atomic E-state index is -3.74. The van der Waals surface area contributed by atoms with Crippen LogP contribution in [0.1, 0.15) is 29.0 Å². The molecule has 4 rings (SSSR count). The lowest BCUT2D eigenvalue weighted by molar-refractivity contribution is 0.0852. The van der Waals surface area contributed by atoms with Gasteiger partial charge >= 0.3 is 0 Å². The topological polar surface area (TPSA) is 103 Å². The fourth-order valence-electron chi connectivity index (χ4n) is 3.68. The fraction of sp³-hybridized carbons (Fsp3) is 0.474. The minimum absolute atomic E-state index is 0.0134. The largest absolute Gasteiger partial charge is 0.383 e. The molecular formula is C19H24N4O5S. The first-order valence-electron chi connectivity index (χ1n) is 9.57. The van der Waals surface area contributed by atoms with Gasteiger partial charge in [-0.15, -0.1) is 0 Å². The van der Waals surface area contributed by atoms with Crippen molar-refractivity contribution in [1.82, 2.24) is 19.2 Å². The predicted molar refractivity (Wildman–Crippen MR) is 104 cm³/mol. The zero-order valence-electron chi connectivity index (χ0n) is 16.2. The van der Waals surface area contributed by atoms with Gasteiger partial charge < -0.3 is 14.8 Å². The monoisotopic (exact) mass is 420 g/mol. The Morgan fingerprint density at radius 3 is 2.97 bits per heavy atom. The van der Waals surface area contributed by atoms with Crippen LogP contribution in [0.3, 0.4) is 0 Å². The molecule has 2 aliphatic rings. The summed E-state index contributed by atoms with van der Waals surface area (Å²) in [4.78, 5) is 17.3. The molecule has 0 unspecified atom stereocenters. The summed E-state index contributed by atoms with van der Waals surface area (Å²) in [5.41, 5.74) is 1.23. The van der Waals surface area contributed by atoms with Gasteiger partial charge in [-0.05, 0) is 25.0 Å². The van der Waals surface area contributed by atoms with Crippen LogP contribution in [0.5, 0.6) is 0 Å². The molecule has 156 valence electrons. The summed E-state index contributed by atoms with van der Waals surface area (Å²) < 4.78 is 40.0. The molecular weight excluding hydrogens is 396 g/mol. The lowest BCUT2D eigenvalue weighted by Crippen LogP contribution is -2.35. The molecule has 0 saturated carbocycles. The first-order valence-corrected chi connectivity index (χ1v) is 11.0. The Morgan fingerprint density at radius 1 is 1.38 bits per heavy atom. The maximum absolute atomic E-state index is 13.2. The van der Waals surface area contributed by atoms with E-state index in [9.17, 15) is 13.2 Å². The number of sulfonamides is 1. The van der Waals surface area contributed by atoms with Crippen molar-refractivity contribution in [2.45, 2.75) is 30.4 Å². The molecule has 29 heavy (non-hydrogen) atoms.